The van der Waals surface area contributed by atoms with E-state index in [4.69, 9.17) is 5.73 Å². The molecule has 0 saturated carbocycles. The van der Waals surface area contributed by atoms with Crippen LogP contribution in [0.1, 0.15) is 18.9 Å². The van der Waals surface area contributed by atoms with E-state index in [2.05, 4.69) is 36.6 Å². The molecule has 0 aliphatic heterocycles. The first-order valence-corrected chi connectivity index (χ1v) is 5.81. The van der Waals surface area contributed by atoms with Gasteiger partial charge in [0.15, 0.2) is 0 Å². The number of benzene rings is 1. The number of nitrogens with two attached hydrogens (primary N) is 1. The van der Waals surface area contributed by atoms with Gasteiger partial charge in [-0.1, -0.05) is 37.3 Å². The topological polar surface area (TPSA) is 41.3 Å². The van der Waals surface area contributed by atoms with Crippen LogP contribution < -0.4 is 11.2 Å². The lowest BCUT2D eigenvalue weighted by Gasteiger charge is -2.35. The van der Waals surface area contributed by atoms with Crippen LogP contribution in [0.15, 0.2) is 30.3 Å². The third-order valence-corrected chi connectivity index (χ3v) is 2.91. The lowest BCUT2D eigenvalue weighted by Crippen LogP contribution is -2.57. The Morgan fingerprint density at radius 1 is 1.25 bits per heavy atom. The SMILES string of the molecule is CCC(CN)(Cc1ccccc1)NN(C)C. The molecule has 0 aromatic heterocycles. The minimum Gasteiger partial charge on any atom is -0.329 e. The molecule has 0 aliphatic carbocycles. The molecule has 1 aromatic rings. The molecule has 3 N–H and O–H groups in total. The van der Waals surface area contributed by atoms with Crippen LogP contribution in [-0.4, -0.2) is 31.2 Å². The first-order chi connectivity index (χ1) is 7.62. The molecular formula is C13H23N3. The van der Waals surface area contributed by atoms with Crippen molar-refractivity contribution >= 4 is 0 Å². The van der Waals surface area contributed by atoms with Crippen molar-refractivity contribution in [3.05, 3.63) is 35.9 Å². The van der Waals surface area contributed by atoms with Crippen molar-refractivity contribution < 1.29 is 0 Å². The Balaban J connectivity index is 2.78. The van der Waals surface area contributed by atoms with Crippen LogP contribution in [0.3, 0.4) is 0 Å². The highest BCUT2D eigenvalue weighted by atomic mass is 15.5. The van der Waals surface area contributed by atoms with Gasteiger partial charge in [0.1, 0.15) is 0 Å². The fraction of sp³-hybridized carbons (Fsp3) is 0.538. The van der Waals surface area contributed by atoms with E-state index in [1.165, 1.54) is 5.56 Å². The van der Waals surface area contributed by atoms with Crippen molar-refractivity contribution in [1.29, 1.82) is 0 Å². The Labute approximate surface area is 98.6 Å². The molecule has 1 unspecified atom stereocenters. The van der Waals surface area contributed by atoms with Crippen LogP contribution in [0, 0.1) is 0 Å². The maximum atomic E-state index is 5.93. The number of hydrogen-bond acceptors (Lipinski definition) is 3. The molecule has 90 valence electrons. The molecule has 0 heterocycles. The smallest absolute Gasteiger partial charge is 0.0485 e. The van der Waals surface area contributed by atoms with E-state index in [0.717, 1.165) is 12.8 Å². The van der Waals surface area contributed by atoms with E-state index in [-0.39, 0.29) is 5.54 Å². The van der Waals surface area contributed by atoms with Gasteiger partial charge in [-0.3, -0.25) is 5.01 Å². The normalized spacial score (nSPS) is 15.1. The largest absolute Gasteiger partial charge is 0.329 e. The van der Waals surface area contributed by atoms with Crippen LogP contribution in [0.2, 0.25) is 0 Å². The van der Waals surface area contributed by atoms with E-state index in [0.29, 0.717) is 6.54 Å². The molecule has 0 radical (unpaired) electrons. The maximum absolute atomic E-state index is 5.93. The molecule has 3 heteroatoms. The summed E-state index contributed by atoms with van der Waals surface area (Å²) in [4.78, 5) is 0. The van der Waals surface area contributed by atoms with Crippen molar-refractivity contribution in [2.45, 2.75) is 25.3 Å². The lowest BCUT2D eigenvalue weighted by atomic mass is 9.89. The molecule has 0 fully saturated rings. The van der Waals surface area contributed by atoms with Gasteiger partial charge in [0.25, 0.3) is 0 Å². The minimum absolute atomic E-state index is 0.0369. The van der Waals surface area contributed by atoms with E-state index in [9.17, 15) is 0 Å². The Bertz CT molecular complexity index is 291. The van der Waals surface area contributed by atoms with E-state index < -0.39 is 0 Å². The van der Waals surface area contributed by atoms with Gasteiger partial charge >= 0.3 is 0 Å². The molecular weight excluding hydrogens is 198 g/mol. The first-order valence-electron chi connectivity index (χ1n) is 5.81. The second-order valence-corrected chi connectivity index (χ2v) is 4.51. The first kappa shape index (κ1) is 13.2. The molecule has 3 nitrogen and oxygen atoms in total. The molecule has 0 bridgehead atoms. The summed E-state index contributed by atoms with van der Waals surface area (Å²) in [6.07, 6.45) is 1.97. The van der Waals surface area contributed by atoms with E-state index in [1.807, 2.05) is 25.2 Å². The summed E-state index contributed by atoms with van der Waals surface area (Å²) in [6.45, 7) is 2.81. The molecule has 1 rings (SSSR count). The van der Waals surface area contributed by atoms with Crippen molar-refractivity contribution in [2.24, 2.45) is 5.73 Å². The van der Waals surface area contributed by atoms with Gasteiger partial charge in [0.05, 0.1) is 0 Å². The zero-order valence-corrected chi connectivity index (χ0v) is 10.5. The third-order valence-electron chi connectivity index (χ3n) is 2.91. The van der Waals surface area contributed by atoms with Gasteiger partial charge in [0, 0.05) is 26.2 Å². The number of hydrazine groups is 1. The highest BCUT2D eigenvalue weighted by Crippen LogP contribution is 2.16. The van der Waals surface area contributed by atoms with E-state index >= 15 is 0 Å². The van der Waals surface area contributed by atoms with E-state index in [1.54, 1.807) is 0 Å². The van der Waals surface area contributed by atoms with Gasteiger partial charge in [-0.15, -0.1) is 0 Å². The average molecular weight is 221 g/mol. The fourth-order valence-corrected chi connectivity index (χ4v) is 1.97. The fourth-order valence-electron chi connectivity index (χ4n) is 1.97. The Morgan fingerprint density at radius 3 is 2.31 bits per heavy atom. The molecule has 16 heavy (non-hydrogen) atoms. The number of rotatable bonds is 6. The van der Waals surface area contributed by atoms with Gasteiger partial charge in [-0.05, 0) is 18.4 Å². The number of nitrogens with zero attached hydrogens (tertiary/aromatic N) is 1. The van der Waals surface area contributed by atoms with Crippen molar-refractivity contribution in [1.82, 2.24) is 10.4 Å². The summed E-state index contributed by atoms with van der Waals surface area (Å²) in [6, 6.07) is 10.5. The Hall–Kier alpha value is -0.900. The van der Waals surface area contributed by atoms with Crippen LogP contribution in [0.5, 0.6) is 0 Å². The van der Waals surface area contributed by atoms with Crippen LogP contribution in [-0.2, 0) is 6.42 Å². The summed E-state index contributed by atoms with van der Waals surface area (Å²) in [5.74, 6) is 0. The standard InChI is InChI=1S/C13H23N3/c1-4-13(11-14,15-16(2)3)10-12-8-6-5-7-9-12/h5-9,15H,4,10-11,14H2,1-3H3. The van der Waals surface area contributed by atoms with Crippen LogP contribution in [0.25, 0.3) is 0 Å². The average Bonchev–Trinajstić information content (AvgIpc) is 2.29. The van der Waals surface area contributed by atoms with Crippen LogP contribution >= 0.6 is 0 Å². The molecule has 1 atom stereocenters. The van der Waals surface area contributed by atoms with Gasteiger partial charge in [-0.2, -0.15) is 0 Å². The van der Waals surface area contributed by atoms with Gasteiger partial charge in [-0.25, -0.2) is 5.43 Å². The summed E-state index contributed by atoms with van der Waals surface area (Å²) in [5.41, 5.74) is 10.7. The molecule has 0 aliphatic rings. The summed E-state index contributed by atoms with van der Waals surface area (Å²) < 4.78 is 0. The second kappa shape index (κ2) is 5.99. The number of nitrogens with one attached hydrogen (secondary N) is 1. The summed E-state index contributed by atoms with van der Waals surface area (Å²) in [7, 11) is 4.01. The predicted molar refractivity (Wildman–Crippen MR) is 69.0 cm³/mol. The minimum atomic E-state index is -0.0369. The second-order valence-electron chi connectivity index (χ2n) is 4.51. The van der Waals surface area contributed by atoms with Crippen molar-refractivity contribution in [3.8, 4) is 0 Å². The molecule has 0 spiro atoms. The molecule has 0 saturated heterocycles. The Morgan fingerprint density at radius 2 is 1.88 bits per heavy atom. The van der Waals surface area contributed by atoms with Gasteiger partial charge < -0.3 is 5.73 Å². The van der Waals surface area contributed by atoms with Crippen molar-refractivity contribution in [2.75, 3.05) is 20.6 Å². The highest BCUT2D eigenvalue weighted by Gasteiger charge is 2.27. The monoisotopic (exact) mass is 221 g/mol. The molecule has 0 amide bonds. The molecule has 1 aromatic carbocycles. The summed E-state index contributed by atoms with van der Waals surface area (Å²) in [5, 5.41) is 1.99. The highest BCUT2D eigenvalue weighted by molar-refractivity contribution is 5.18. The van der Waals surface area contributed by atoms with Gasteiger partial charge in [0.2, 0.25) is 0 Å². The lowest BCUT2D eigenvalue weighted by molar-refractivity contribution is 0.156. The summed E-state index contributed by atoms with van der Waals surface area (Å²) >= 11 is 0. The maximum Gasteiger partial charge on any atom is 0.0485 e. The number of hydrogen-bond donors (Lipinski definition) is 2. The zero-order chi connectivity index (χ0) is 12.0. The predicted octanol–water partition coefficient (Wildman–Crippen LogP) is 1.40. The zero-order valence-electron chi connectivity index (χ0n) is 10.5. The van der Waals surface area contributed by atoms with Crippen molar-refractivity contribution in [3.63, 3.8) is 0 Å². The Kier molecular flexibility index (Phi) is 4.93. The third kappa shape index (κ3) is 3.59. The quantitative estimate of drug-likeness (QED) is 0.714. The van der Waals surface area contributed by atoms with Crippen LogP contribution in [0.4, 0.5) is 0 Å².